The summed E-state index contributed by atoms with van der Waals surface area (Å²) in [6, 6.07) is 0. The van der Waals surface area contributed by atoms with Gasteiger partial charge in [-0.2, -0.15) is 0 Å². The van der Waals surface area contributed by atoms with Crippen molar-refractivity contribution in [3.8, 4) is 0 Å². The molecule has 0 N–H and O–H groups in total. The van der Waals surface area contributed by atoms with E-state index >= 15 is 0 Å². The first kappa shape index (κ1) is 17.7. The second kappa shape index (κ2) is 6.48. The van der Waals surface area contributed by atoms with Crippen LogP contribution in [0.1, 0.15) is 79.6 Å². The van der Waals surface area contributed by atoms with Crippen molar-refractivity contribution in [1.29, 1.82) is 0 Å². The second-order valence-electron chi connectivity index (χ2n) is 8.13. The van der Waals surface area contributed by atoms with Gasteiger partial charge in [-0.05, 0) is 34.1 Å². The Bertz CT molecular complexity index is 377. The molecule has 2 saturated heterocycles. The van der Waals surface area contributed by atoms with Crippen LogP contribution in [-0.4, -0.2) is 40.9 Å². The van der Waals surface area contributed by atoms with Crippen molar-refractivity contribution in [2.45, 2.75) is 96.4 Å². The van der Waals surface area contributed by atoms with Gasteiger partial charge in [0.25, 0.3) is 0 Å². The topological polar surface area (TPSA) is 38.8 Å². The van der Waals surface area contributed by atoms with Crippen molar-refractivity contribution in [3.05, 3.63) is 0 Å². The molecule has 2 fully saturated rings. The van der Waals surface area contributed by atoms with E-state index in [-0.39, 0.29) is 17.0 Å². The molecule has 0 atom stereocenters. The Morgan fingerprint density at radius 2 is 1.50 bits per heavy atom. The lowest BCUT2D eigenvalue weighted by atomic mass is 9.75. The maximum atomic E-state index is 12.8. The molecule has 1 amide bonds. The molecule has 0 aliphatic carbocycles. The lowest BCUT2D eigenvalue weighted by Crippen LogP contribution is -2.67. The monoisotopic (exact) mass is 311 g/mol. The van der Waals surface area contributed by atoms with Crippen molar-refractivity contribution in [2.75, 3.05) is 13.2 Å². The maximum Gasteiger partial charge on any atom is 0.223 e. The van der Waals surface area contributed by atoms with Crippen molar-refractivity contribution >= 4 is 5.91 Å². The third-order valence-electron chi connectivity index (χ3n) is 4.92. The highest BCUT2D eigenvalue weighted by Crippen LogP contribution is 2.47. The number of ether oxygens (including phenoxy) is 2. The summed E-state index contributed by atoms with van der Waals surface area (Å²) in [6.07, 6.45) is 6.72. The SMILES string of the molecule is CCCCCCC(=O)N1C(C)(C)CC2(CC1(C)C)OCCO2. The van der Waals surface area contributed by atoms with Gasteiger partial charge in [-0.1, -0.05) is 26.2 Å². The van der Waals surface area contributed by atoms with Crippen LogP contribution in [0, 0.1) is 0 Å². The molecule has 0 bridgehead atoms. The van der Waals surface area contributed by atoms with Gasteiger partial charge in [0.2, 0.25) is 5.91 Å². The van der Waals surface area contributed by atoms with Gasteiger partial charge in [0.1, 0.15) is 0 Å². The highest BCUT2D eigenvalue weighted by atomic mass is 16.7. The van der Waals surface area contributed by atoms with Gasteiger partial charge in [0, 0.05) is 30.3 Å². The molecule has 2 heterocycles. The van der Waals surface area contributed by atoms with E-state index in [4.69, 9.17) is 9.47 Å². The molecule has 4 heteroatoms. The van der Waals surface area contributed by atoms with Crippen LogP contribution in [0.5, 0.6) is 0 Å². The molecule has 128 valence electrons. The number of hydrogen-bond acceptors (Lipinski definition) is 3. The molecule has 0 radical (unpaired) electrons. The molecule has 0 aromatic heterocycles. The fourth-order valence-corrected chi connectivity index (χ4v) is 4.55. The molecular formula is C18H33NO3. The number of carbonyl (C=O) groups excluding carboxylic acids is 1. The lowest BCUT2D eigenvalue weighted by molar-refractivity contribution is -0.237. The van der Waals surface area contributed by atoms with E-state index in [1.54, 1.807) is 0 Å². The predicted molar refractivity (Wildman–Crippen MR) is 87.6 cm³/mol. The van der Waals surface area contributed by atoms with Crippen molar-refractivity contribution in [2.24, 2.45) is 0 Å². The predicted octanol–water partition coefficient (Wildman–Crippen LogP) is 3.88. The molecule has 1 spiro atoms. The quantitative estimate of drug-likeness (QED) is 0.723. The first-order chi connectivity index (χ1) is 10.2. The van der Waals surface area contributed by atoms with E-state index in [2.05, 4.69) is 39.5 Å². The molecule has 2 rings (SSSR count). The van der Waals surface area contributed by atoms with E-state index in [0.29, 0.717) is 19.6 Å². The van der Waals surface area contributed by atoms with Crippen LogP contribution < -0.4 is 0 Å². The number of nitrogens with zero attached hydrogens (tertiary/aromatic N) is 1. The zero-order chi connectivity index (χ0) is 16.4. The minimum Gasteiger partial charge on any atom is -0.347 e. The number of rotatable bonds is 5. The molecule has 0 aromatic rings. The van der Waals surface area contributed by atoms with Gasteiger partial charge in [-0.25, -0.2) is 0 Å². The minimum atomic E-state index is -0.494. The van der Waals surface area contributed by atoms with Crippen molar-refractivity contribution < 1.29 is 14.3 Å². The Morgan fingerprint density at radius 3 is 2.00 bits per heavy atom. The second-order valence-corrected chi connectivity index (χ2v) is 8.13. The summed E-state index contributed by atoms with van der Waals surface area (Å²) in [4.78, 5) is 14.9. The Balaban J connectivity index is 2.08. The van der Waals surface area contributed by atoms with Crippen LogP contribution in [0.15, 0.2) is 0 Å². The van der Waals surface area contributed by atoms with Crippen molar-refractivity contribution in [1.82, 2.24) is 4.90 Å². The summed E-state index contributed by atoms with van der Waals surface area (Å²) in [5.74, 6) is -0.217. The number of likely N-dealkylation sites (tertiary alicyclic amines) is 1. The summed E-state index contributed by atoms with van der Waals surface area (Å²) in [5, 5.41) is 0. The molecule has 0 unspecified atom stereocenters. The fourth-order valence-electron chi connectivity index (χ4n) is 4.55. The summed E-state index contributed by atoms with van der Waals surface area (Å²) < 4.78 is 11.9. The van der Waals surface area contributed by atoms with Crippen molar-refractivity contribution in [3.63, 3.8) is 0 Å². The summed E-state index contributed by atoms with van der Waals surface area (Å²) in [5.41, 5.74) is -0.484. The number of unbranched alkanes of at least 4 members (excludes halogenated alkanes) is 3. The molecule has 0 saturated carbocycles. The van der Waals surface area contributed by atoms with E-state index in [0.717, 1.165) is 25.7 Å². The van der Waals surface area contributed by atoms with Crippen LogP contribution in [-0.2, 0) is 14.3 Å². The zero-order valence-electron chi connectivity index (χ0n) is 15.0. The molecule has 0 aromatic carbocycles. The average Bonchev–Trinajstić information content (AvgIpc) is 2.78. The van der Waals surface area contributed by atoms with E-state index in [1.165, 1.54) is 12.8 Å². The minimum absolute atomic E-state index is 0.242. The molecule has 2 aliphatic rings. The largest absolute Gasteiger partial charge is 0.347 e. The van der Waals surface area contributed by atoms with Gasteiger partial charge in [-0.3, -0.25) is 4.79 Å². The molecule has 4 nitrogen and oxygen atoms in total. The fraction of sp³-hybridized carbons (Fsp3) is 0.944. The number of carbonyl (C=O) groups is 1. The van der Waals surface area contributed by atoms with Crippen LogP contribution in [0.4, 0.5) is 0 Å². The summed E-state index contributed by atoms with van der Waals surface area (Å²) in [6.45, 7) is 12.1. The highest BCUT2D eigenvalue weighted by Gasteiger charge is 2.56. The van der Waals surface area contributed by atoms with Gasteiger partial charge in [0.15, 0.2) is 5.79 Å². The van der Waals surface area contributed by atoms with Gasteiger partial charge < -0.3 is 14.4 Å². The third kappa shape index (κ3) is 3.65. The van der Waals surface area contributed by atoms with Crippen LogP contribution in [0.3, 0.4) is 0 Å². The first-order valence-corrected chi connectivity index (χ1v) is 8.84. The standard InChI is InChI=1S/C18H33NO3/c1-6-7-8-9-10-15(20)19-16(2,3)13-18(14-17(19,4)5)21-11-12-22-18/h6-14H2,1-5H3. The summed E-state index contributed by atoms with van der Waals surface area (Å²) >= 11 is 0. The van der Waals surface area contributed by atoms with E-state index < -0.39 is 5.79 Å². The van der Waals surface area contributed by atoms with Crippen LogP contribution in [0.2, 0.25) is 0 Å². The number of hydrogen-bond donors (Lipinski definition) is 0. The normalized spacial score (nSPS) is 25.6. The zero-order valence-corrected chi connectivity index (χ0v) is 15.0. The van der Waals surface area contributed by atoms with Crippen LogP contribution in [0.25, 0.3) is 0 Å². The smallest absolute Gasteiger partial charge is 0.223 e. The summed E-state index contributed by atoms with van der Waals surface area (Å²) in [7, 11) is 0. The first-order valence-electron chi connectivity index (χ1n) is 8.84. The average molecular weight is 311 g/mol. The number of amides is 1. The highest BCUT2D eigenvalue weighted by molar-refractivity contribution is 5.78. The van der Waals surface area contributed by atoms with Crippen LogP contribution >= 0.6 is 0 Å². The van der Waals surface area contributed by atoms with Gasteiger partial charge >= 0.3 is 0 Å². The Morgan fingerprint density at radius 1 is 0.955 bits per heavy atom. The van der Waals surface area contributed by atoms with E-state index in [1.807, 2.05) is 0 Å². The molecule has 2 aliphatic heterocycles. The third-order valence-corrected chi connectivity index (χ3v) is 4.92. The Kier molecular flexibility index (Phi) is 5.23. The maximum absolute atomic E-state index is 12.8. The Hall–Kier alpha value is -0.610. The van der Waals surface area contributed by atoms with E-state index in [9.17, 15) is 4.79 Å². The molecule has 22 heavy (non-hydrogen) atoms. The molecular weight excluding hydrogens is 278 g/mol. The number of piperidine rings is 1. The lowest BCUT2D eigenvalue weighted by Gasteiger charge is -2.57. The van der Waals surface area contributed by atoms with Gasteiger partial charge in [-0.15, -0.1) is 0 Å². The van der Waals surface area contributed by atoms with Gasteiger partial charge in [0.05, 0.1) is 13.2 Å². The Labute approximate surface area is 135 Å².